The van der Waals surface area contributed by atoms with Gasteiger partial charge in [0.15, 0.2) is 0 Å². The van der Waals surface area contributed by atoms with E-state index in [0.717, 1.165) is 6.07 Å². The molecule has 1 aromatic heterocycles. The molecule has 4 aromatic rings. The normalized spacial score (nSPS) is 11.3. The van der Waals surface area contributed by atoms with Crippen LogP contribution in [0.15, 0.2) is 65.6 Å². The number of hydrogen-bond donors (Lipinski definition) is 2. The number of aromatic nitrogens is 1. The summed E-state index contributed by atoms with van der Waals surface area (Å²) in [6.07, 6.45) is 0. The fraction of sp³-hybridized carbons (Fsp3) is 0.0870. The number of carbonyl (C=O) groups excluding carboxylic acids is 1. The molecule has 0 aliphatic carbocycles. The fourth-order valence-corrected chi connectivity index (χ4v) is 4.78. The van der Waals surface area contributed by atoms with E-state index in [1.165, 1.54) is 73.3 Å². The molecule has 10 nitrogen and oxygen atoms in total. The van der Waals surface area contributed by atoms with Gasteiger partial charge in [-0.1, -0.05) is 11.6 Å². The number of hydrogen-bond acceptors (Lipinski definition) is 7. The number of nitro groups is 1. The van der Waals surface area contributed by atoms with Crippen molar-refractivity contribution in [3.05, 3.63) is 87.3 Å². The van der Waals surface area contributed by atoms with Crippen LogP contribution in [0.5, 0.6) is 5.75 Å². The smallest absolute Gasteiger partial charge is 0.293 e. The first-order chi connectivity index (χ1) is 17.0. The van der Waals surface area contributed by atoms with Crippen LogP contribution in [0.1, 0.15) is 10.5 Å². The largest absolute Gasteiger partial charge is 0.497 e. The van der Waals surface area contributed by atoms with Crippen molar-refractivity contribution in [2.75, 3.05) is 12.4 Å². The molecule has 0 unspecified atom stereocenters. The van der Waals surface area contributed by atoms with E-state index in [2.05, 4.69) is 5.32 Å². The number of amides is 1. The van der Waals surface area contributed by atoms with Crippen LogP contribution in [-0.2, 0) is 17.1 Å². The Labute approximate surface area is 209 Å². The minimum Gasteiger partial charge on any atom is -0.497 e. The molecule has 0 radical (unpaired) electrons. The number of anilines is 2. The van der Waals surface area contributed by atoms with E-state index >= 15 is 0 Å². The maximum atomic E-state index is 13.5. The second-order valence-electron chi connectivity index (χ2n) is 7.60. The van der Waals surface area contributed by atoms with E-state index in [4.69, 9.17) is 16.3 Å². The number of nitrogens with zero attached hydrogens (tertiary/aromatic N) is 2. The van der Waals surface area contributed by atoms with Crippen molar-refractivity contribution in [3.8, 4) is 5.75 Å². The highest BCUT2D eigenvalue weighted by molar-refractivity contribution is 7.90. The number of sulfonamides is 1. The predicted molar refractivity (Wildman–Crippen MR) is 132 cm³/mol. The van der Waals surface area contributed by atoms with Gasteiger partial charge in [0.2, 0.25) is 0 Å². The Bertz CT molecular complexity index is 1620. The van der Waals surface area contributed by atoms with Gasteiger partial charge in [-0.25, -0.2) is 17.5 Å². The predicted octanol–water partition coefficient (Wildman–Crippen LogP) is 4.75. The third kappa shape index (κ3) is 4.68. The summed E-state index contributed by atoms with van der Waals surface area (Å²) in [5, 5.41) is 14.8. The Kier molecular flexibility index (Phi) is 6.57. The van der Waals surface area contributed by atoms with Crippen LogP contribution in [0.2, 0.25) is 5.02 Å². The van der Waals surface area contributed by atoms with E-state index in [1.807, 2.05) is 4.72 Å². The number of rotatable bonds is 7. The maximum Gasteiger partial charge on any atom is 0.293 e. The van der Waals surface area contributed by atoms with Crippen LogP contribution >= 0.6 is 11.6 Å². The summed E-state index contributed by atoms with van der Waals surface area (Å²) in [4.78, 5) is 23.9. The van der Waals surface area contributed by atoms with Crippen molar-refractivity contribution in [2.45, 2.75) is 4.90 Å². The van der Waals surface area contributed by atoms with Gasteiger partial charge in [0.1, 0.15) is 22.8 Å². The van der Waals surface area contributed by atoms with Crippen molar-refractivity contribution in [2.24, 2.45) is 7.05 Å². The molecule has 1 amide bonds. The van der Waals surface area contributed by atoms with Gasteiger partial charge in [0.25, 0.3) is 21.6 Å². The Hall–Kier alpha value is -4.16. The molecule has 0 aliphatic rings. The molecule has 3 aromatic carbocycles. The van der Waals surface area contributed by atoms with Gasteiger partial charge in [0, 0.05) is 29.9 Å². The SMILES string of the molecule is COc1ccc(S(=O)(=O)NC(=O)c2cc3c(Nc4ccc(F)c(Cl)c4)ccc([N+](=O)[O-])c3n2C)cc1. The van der Waals surface area contributed by atoms with E-state index in [0.29, 0.717) is 17.1 Å². The minimum absolute atomic E-state index is 0.0743. The maximum absolute atomic E-state index is 13.5. The topological polar surface area (TPSA) is 133 Å². The number of fused-ring (bicyclic) bond motifs is 1. The quantitative estimate of drug-likeness (QED) is 0.259. The summed E-state index contributed by atoms with van der Waals surface area (Å²) in [5.41, 5.74) is 0.383. The summed E-state index contributed by atoms with van der Waals surface area (Å²) in [7, 11) is -1.41. The fourth-order valence-electron chi connectivity index (χ4n) is 3.64. The number of carbonyl (C=O) groups is 1. The Morgan fingerprint density at radius 1 is 1.11 bits per heavy atom. The van der Waals surface area contributed by atoms with Crippen molar-refractivity contribution in [1.82, 2.24) is 9.29 Å². The van der Waals surface area contributed by atoms with Crippen LogP contribution in [0.25, 0.3) is 10.9 Å². The number of methoxy groups -OCH3 is 1. The average molecular weight is 533 g/mol. The van der Waals surface area contributed by atoms with Crippen molar-refractivity contribution in [1.29, 1.82) is 0 Å². The molecule has 4 rings (SSSR count). The van der Waals surface area contributed by atoms with E-state index in [1.54, 1.807) is 0 Å². The molecule has 0 fully saturated rings. The van der Waals surface area contributed by atoms with Gasteiger partial charge in [-0.2, -0.15) is 0 Å². The van der Waals surface area contributed by atoms with Gasteiger partial charge >= 0.3 is 0 Å². The molecule has 1 heterocycles. The molecule has 13 heteroatoms. The van der Waals surface area contributed by atoms with Gasteiger partial charge in [-0.05, 0) is 54.6 Å². The second kappa shape index (κ2) is 9.47. The molecular weight excluding hydrogens is 515 g/mol. The van der Waals surface area contributed by atoms with Crippen LogP contribution < -0.4 is 14.8 Å². The second-order valence-corrected chi connectivity index (χ2v) is 9.69. The Balaban J connectivity index is 1.75. The summed E-state index contributed by atoms with van der Waals surface area (Å²) >= 11 is 5.84. The molecular formula is C23H18ClFN4O6S. The van der Waals surface area contributed by atoms with E-state index < -0.39 is 26.7 Å². The van der Waals surface area contributed by atoms with E-state index in [9.17, 15) is 27.7 Å². The molecule has 0 atom stereocenters. The standard InChI is InChI=1S/C23H18ClFN4O6S/c1-28-21(23(30)27-36(33,34)15-6-4-14(35-2)5-7-15)12-16-19(9-10-20(22(16)28)29(31)32)26-13-3-8-18(25)17(24)11-13/h3-12,26H,1-2H3,(H,27,30). The lowest BCUT2D eigenvalue weighted by atomic mass is 10.1. The Morgan fingerprint density at radius 2 is 1.81 bits per heavy atom. The van der Waals surface area contributed by atoms with Crippen LogP contribution in [0, 0.1) is 15.9 Å². The molecule has 0 saturated heterocycles. The van der Waals surface area contributed by atoms with Gasteiger partial charge in [-0.15, -0.1) is 0 Å². The molecule has 2 N–H and O–H groups in total. The molecule has 0 saturated carbocycles. The number of nitrogens with one attached hydrogen (secondary N) is 2. The molecule has 36 heavy (non-hydrogen) atoms. The lowest BCUT2D eigenvalue weighted by Crippen LogP contribution is -2.31. The summed E-state index contributed by atoms with van der Waals surface area (Å²) in [6, 6.07) is 13.3. The highest BCUT2D eigenvalue weighted by atomic mass is 35.5. The van der Waals surface area contributed by atoms with Crippen molar-refractivity contribution < 1.29 is 27.3 Å². The zero-order valence-electron chi connectivity index (χ0n) is 18.8. The highest BCUT2D eigenvalue weighted by Gasteiger charge is 2.26. The number of ether oxygens (including phenoxy) is 1. The van der Waals surface area contributed by atoms with Gasteiger partial charge < -0.3 is 14.6 Å². The summed E-state index contributed by atoms with van der Waals surface area (Å²) < 4.78 is 47.2. The summed E-state index contributed by atoms with van der Waals surface area (Å²) in [5.74, 6) is -1.17. The number of halogens is 2. The minimum atomic E-state index is -4.25. The van der Waals surface area contributed by atoms with Crippen molar-refractivity contribution in [3.63, 3.8) is 0 Å². The van der Waals surface area contributed by atoms with E-state index in [-0.39, 0.29) is 32.2 Å². The summed E-state index contributed by atoms with van der Waals surface area (Å²) in [6.45, 7) is 0. The third-order valence-electron chi connectivity index (χ3n) is 5.40. The van der Waals surface area contributed by atoms with Crippen LogP contribution in [0.4, 0.5) is 21.5 Å². The Morgan fingerprint density at radius 3 is 2.42 bits per heavy atom. The number of aryl methyl sites for hydroxylation is 1. The first-order valence-corrected chi connectivity index (χ1v) is 12.1. The molecule has 0 aliphatic heterocycles. The van der Waals surface area contributed by atoms with Crippen LogP contribution in [0.3, 0.4) is 0 Å². The number of non-ortho nitro benzene ring substituents is 1. The zero-order valence-corrected chi connectivity index (χ0v) is 20.4. The monoisotopic (exact) mass is 532 g/mol. The molecule has 0 spiro atoms. The van der Waals surface area contributed by atoms with Crippen LogP contribution in [-0.4, -0.2) is 30.9 Å². The van der Waals surface area contributed by atoms with Crippen molar-refractivity contribution >= 4 is 55.5 Å². The lowest BCUT2D eigenvalue weighted by molar-refractivity contribution is -0.383. The first-order valence-electron chi connectivity index (χ1n) is 10.2. The number of benzene rings is 3. The average Bonchev–Trinajstić information content (AvgIpc) is 3.19. The first kappa shape index (κ1) is 24.9. The number of nitro benzene ring substituents is 1. The molecule has 186 valence electrons. The van der Waals surface area contributed by atoms with Gasteiger partial charge in [0.05, 0.1) is 22.0 Å². The van der Waals surface area contributed by atoms with Gasteiger partial charge in [-0.3, -0.25) is 14.9 Å². The third-order valence-corrected chi connectivity index (χ3v) is 7.03. The zero-order chi connectivity index (χ0) is 26.2. The lowest BCUT2D eigenvalue weighted by Gasteiger charge is -2.10. The highest BCUT2D eigenvalue weighted by Crippen LogP contribution is 2.36. The molecule has 0 bridgehead atoms.